The number of fused-ring (bicyclic) bond motifs is 2. The number of rotatable bonds is 7. The van der Waals surface area contributed by atoms with Gasteiger partial charge in [-0.15, -0.1) is 12.4 Å². The number of methoxy groups -OCH3 is 1. The van der Waals surface area contributed by atoms with Gasteiger partial charge in [0.2, 0.25) is 6.10 Å². The summed E-state index contributed by atoms with van der Waals surface area (Å²) in [7, 11) is 1.64. The molecule has 2 aromatic carbocycles. The first-order valence-corrected chi connectivity index (χ1v) is 12.0. The minimum Gasteiger partial charge on any atom is -0.497 e. The highest BCUT2D eigenvalue weighted by Crippen LogP contribution is 2.34. The first-order chi connectivity index (χ1) is 16.2. The molecule has 34 heavy (non-hydrogen) atoms. The molecule has 1 unspecified atom stereocenters. The minimum atomic E-state index is -0.718. The van der Waals surface area contributed by atoms with Crippen LogP contribution in [0.25, 0.3) is 10.2 Å². The van der Waals surface area contributed by atoms with Crippen LogP contribution in [0.3, 0.4) is 0 Å². The Morgan fingerprint density at radius 1 is 1.21 bits per heavy atom. The number of anilines is 1. The van der Waals surface area contributed by atoms with Gasteiger partial charge in [0, 0.05) is 26.2 Å². The number of hydrogen-bond donors (Lipinski definition) is 0. The summed E-state index contributed by atoms with van der Waals surface area (Å²) in [5.74, 6) is 1.87. The van der Waals surface area contributed by atoms with Crippen molar-refractivity contribution in [2.75, 3.05) is 58.0 Å². The molecule has 0 N–H and O–H groups in total. The van der Waals surface area contributed by atoms with Gasteiger partial charge in [-0.05, 0) is 36.8 Å². The van der Waals surface area contributed by atoms with E-state index in [2.05, 4.69) is 4.90 Å². The quantitative estimate of drug-likeness (QED) is 0.485. The number of para-hydroxylation sites is 2. The second kappa shape index (κ2) is 11.2. The molecule has 2 aliphatic heterocycles. The van der Waals surface area contributed by atoms with Crippen LogP contribution in [0.2, 0.25) is 0 Å². The predicted molar refractivity (Wildman–Crippen MR) is 134 cm³/mol. The maximum Gasteiger partial charge on any atom is 0.273 e. The molecule has 10 heteroatoms. The van der Waals surface area contributed by atoms with E-state index in [0.717, 1.165) is 55.2 Å². The molecule has 5 rings (SSSR count). The summed E-state index contributed by atoms with van der Waals surface area (Å²) in [5.41, 5.74) is 0.841. The van der Waals surface area contributed by atoms with Crippen molar-refractivity contribution >= 4 is 45.0 Å². The fraction of sp³-hybridized carbons (Fsp3) is 0.417. The molecule has 1 fully saturated rings. The molecule has 0 bridgehead atoms. The Balaban J connectivity index is 0.00000274. The topological polar surface area (TPSA) is 73.4 Å². The van der Waals surface area contributed by atoms with Crippen molar-refractivity contribution in [3.63, 3.8) is 0 Å². The Labute approximate surface area is 208 Å². The third-order valence-electron chi connectivity index (χ3n) is 5.83. The highest BCUT2D eigenvalue weighted by molar-refractivity contribution is 7.22. The largest absolute Gasteiger partial charge is 0.497 e. The average molecular weight is 506 g/mol. The third-order valence-corrected chi connectivity index (χ3v) is 6.87. The summed E-state index contributed by atoms with van der Waals surface area (Å²) in [6, 6.07) is 13.2. The molecule has 1 atom stereocenters. The number of carbonyl (C=O) groups is 1. The van der Waals surface area contributed by atoms with Gasteiger partial charge in [-0.1, -0.05) is 23.5 Å². The molecular weight excluding hydrogens is 478 g/mol. The fourth-order valence-electron chi connectivity index (χ4n) is 4.03. The summed E-state index contributed by atoms with van der Waals surface area (Å²) in [5, 5.41) is 0.660. The maximum absolute atomic E-state index is 13.6. The molecular formula is C24H28ClN3O5S. The number of carbonyl (C=O) groups excluding carboxylic acids is 1. The molecule has 0 spiro atoms. The maximum atomic E-state index is 13.6. The van der Waals surface area contributed by atoms with Gasteiger partial charge in [-0.2, -0.15) is 0 Å². The summed E-state index contributed by atoms with van der Waals surface area (Å²) in [6.45, 7) is 4.99. The number of amides is 1. The molecule has 1 amide bonds. The highest BCUT2D eigenvalue weighted by Gasteiger charge is 2.33. The summed E-state index contributed by atoms with van der Waals surface area (Å²) >= 11 is 1.48. The van der Waals surface area contributed by atoms with Crippen LogP contribution < -0.4 is 19.1 Å². The lowest BCUT2D eigenvalue weighted by Gasteiger charge is -2.31. The van der Waals surface area contributed by atoms with Crippen molar-refractivity contribution in [2.45, 2.75) is 12.5 Å². The van der Waals surface area contributed by atoms with Gasteiger partial charge in [0.1, 0.15) is 12.4 Å². The number of hydrogen-bond acceptors (Lipinski definition) is 8. The predicted octanol–water partition coefficient (Wildman–Crippen LogP) is 3.62. The van der Waals surface area contributed by atoms with Crippen LogP contribution in [-0.4, -0.2) is 75.0 Å². The standard InChI is InChI=1S/C24H27N3O5S.ClH/c1-29-17-7-8-18-22(15-17)33-24(25-18)27(10-4-9-26-11-13-30-14-12-26)23(28)21-16-31-19-5-2-3-6-20(19)32-21;/h2-3,5-8,15,21H,4,9-14,16H2,1H3;1H. The summed E-state index contributed by atoms with van der Waals surface area (Å²) < 4.78 is 23.6. The smallest absolute Gasteiger partial charge is 0.273 e. The summed E-state index contributed by atoms with van der Waals surface area (Å²) in [6.07, 6.45) is 0.111. The zero-order valence-corrected chi connectivity index (χ0v) is 20.6. The van der Waals surface area contributed by atoms with Gasteiger partial charge in [0.25, 0.3) is 5.91 Å². The Morgan fingerprint density at radius 3 is 2.79 bits per heavy atom. The van der Waals surface area contributed by atoms with Gasteiger partial charge in [-0.25, -0.2) is 4.98 Å². The van der Waals surface area contributed by atoms with Gasteiger partial charge >= 0.3 is 0 Å². The minimum absolute atomic E-state index is 0. The number of nitrogens with zero attached hydrogens (tertiary/aromatic N) is 3. The normalized spacial score (nSPS) is 17.7. The molecule has 0 saturated carbocycles. The van der Waals surface area contributed by atoms with Gasteiger partial charge in [-0.3, -0.25) is 14.6 Å². The van der Waals surface area contributed by atoms with E-state index in [1.54, 1.807) is 12.0 Å². The van der Waals surface area contributed by atoms with Crippen LogP contribution in [0, 0.1) is 0 Å². The van der Waals surface area contributed by atoms with Crippen molar-refractivity contribution < 1.29 is 23.7 Å². The first kappa shape index (κ1) is 24.5. The molecule has 182 valence electrons. The number of thiazole rings is 1. The van der Waals surface area contributed by atoms with Gasteiger partial charge in [0.15, 0.2) is 16.6 Å². The zero-order valence-electron chi connectivity index (χ0n) is 19.0. The van der Waals surface area contributed by atoms with Crippen LogP contribution in [0.5, 0.6) is 17.2 Å². The van der Waals surface area contributed by atoms with Gasteiger partial charge in [0.05, 0.1) is 30.5 Å². The monoisotopic (exact) mass is 505 g/mol. The van der Waals surface area contributed by atoms with E-state index >= 15 is 0 Å². The molecule has 1 saturated heterocycles. The lowest BCUT2D eigenvalue weighted by atomic mass is 10.2. The molecule has 8 nitrogen and oxygen atoms in total. The Morgan fingerprint density at radius 2 is 2.00 bits per heavy atom. The Bertz CT molecular complexity index is 1120. The third kappa shape index (κ3) is 5.38. The van der Waals surface area contributed by atoms with E-state index in [1.807, 2.05) is 42.5 Å². The van der Waals surface area contributed by atoms with E-state index in [0.29, 0.717) is 23.2 Å². The lowest BCUT2D eigenvalue weighted by Crippen LogP contribution is -2.47. The van der Waals surface area contributed by atoms with Crippen LogP contribution >= 0.6 is 23.7 Å². The van der Waals surface area contributed by atoms with E-state index in [1.165, 1.54) is 11.3 Å². The van der Waals surface area contributed by atoms with Crippen molar-refractivity contribution in [1.82, 2.24) is 9.88 Å². The van der Waals surface area contributed by atoms with Crippen LogP contribution in [0.1, 0.15) is 6.42 Å². The van der Waals surface area contributed by atoms with E-state index in [9.17, 15) is 4.79 Å². The van der Waals surface area contributed by atoms with Crippen molar-refractivity contribution in [2.24, 2.45) is 0 Å². The zero-order chi connectivity index (χ0) is 22.6. The van der Waals surface area contributed by atoms with Crippen LogP contribution in [-0.2, 0) is 9.53 Å². The van der Waals surface area contributed by atoms with Crippen LogP contribution in [0.15, 0.2) is 42.5 Å². The molecule has 3 aromatic rings. The van der Waals surface area contributed by atoms with Crippen LogP contribution in [0.4, 0.5) is 5.13 Å². The van der Waals surface area contributed by atoms with E-state index in [4.69, 9.17) is 23.9 Å². The van der Waals surface area contributed by atoms with E-state index < -0.39 is 6.10 Å². The molecule has 2 aliphatic rings. The first-order valence-electron chi connectivity index (χ1n) is 11.2. The Kier molecular flexibility index (Phi) is 8.10. The number of morpholine rings is 1. The van der Waals surface area contributed by atoms with Crippen molar-refractivity contribution in [3.05, 3.63) is 42.5 Å². The number of ether oxygens (including phenoxy) is 4. The summed E-state index contributed by atoms with van der Waals surface area (Å²) in [4.78, 5) is 22.5. The molecule has 0 radical (unpaired) electrons. The molecule has 3 heterocycles. The second-order valence-corrected chi connectivity index (χ2v) is 9.00. The van der Waals surface area contributed by atoms with Crippen molar-refractivity contribution in [1.29, 1.82) is 0 Å². The number of halogens is 1. The van der Waals surface area contributed by atoms with E-state index in [-0.39, 0.29) is 24.9 Å². The van der Waals surface area contributed by atoms with Crippen molar-refractivity contribution in [3.8, 4) is 17.2 Å². The Hall–Kier alpha value is -2.59. The SMILES string of the molecule is COc1ccc2nc(N(CCCN3CCOCC3)C(=O)C3COc4ccccc4O3)sc2c1.Cl. The van der Waals surface area contributed by atoms with Gasteiger partial charge < -0.3 is 18.9 Å². The fourth-order valence-corrected chi connectivity index (χ4v) is 5.05. The lowest BCUT2D eigenvalue weighted by molar-refractivity contribution is -0.127. The highest BCUT2D eigenvalue weighted by atomic mass is 35.5. The molecule has 0 aliphatic carbocycles. The number of benzene rings is 2. The second-order valence-electron chi connectivity index (χ2n) is 7.99. The number of aromatic nitrogens is 1. The average Bonchev–Trinajstić information content (AvgIpc) is 3.29. The molecule has 1 aromatic heterocycles.